The highest BCUT2D eigenvalue weighted by molar-refractivity contribution is 9.12. The maximum Gasteiger partial charge on any atom is 0.160 e. The second-order valence-electron chi connectivity index (χ2n) is 2.57. The highest BCUT2D eigenvalue weighted by Gasteiger charge is 2.11. The summed E-state index contributed by atoms with van der Waals surface area (Å²) >= 11 is 11.9. The smallest absolute Gasteiger partial charge is 0.160 e. The molecule has 2 aromatic rings. The summed E-state index contributed by atoms with van der Waals surface area (Å²) in [6, 6.07) is 8.04. The summed E-state index contributed by atoms with van der Waals surface area (Å²) in [7, 11) is 0. The number of nitrogens with zero attached hydrogens (tertiary/aromatic N) is 1. The van der Waals surface area contributed by atoms with Crippen LogP contribution in [0.5, 0.6) is 0 Å². The first-order valence-corrected chi connectivity index (χ1v) is 6.95. The molecule has 5 heteroatoms. The summed E-state index contributed by atoms with van der Waals surface area (Å²) in [5, 5.41) is 0. The fraction of sp³-hybridized carbons (Fsp3) is 0. The maximum absolute atomic E-state index is 4.40. The molecule has 1 heterocycles. The van der Waals surface area contributed by atoms with Gasteiger partial charge in [-0.3, -0.25) is 0 Å². The summed E-state index contributed by atoms with van der Waals surface area (Å²) in [4.78, 5) is 4.40. The molecule has 0 radical (unpaired) electrons. The lowest BCUT2D eigenvalue weighted by Crippen LogP contribution is -1.79. The lowest BCUT2D eigenvalue weighted by atomic mass is 10.2. The molecule has 0 bridgehead atoms. The quantitative estimate of drug-likeness (QED) is 0.652. The van der Waals surface area contributed by atoms with E-state index in [-0.39, 0.29) is 0 Å². The summed E-state index contributed by atoms with van der Waals surface area (Å²) in [6.07, 6.45) is 0. The molecule has 0 aliphatic rings. The minimum Gasteiger partial charge on any atom is -0.228 e. The van der Waals surface area contributed by atoms with Crippen LogP contribution in [-0.4, -0.2) is 4.98 Å². The molecule has 14 heavy (non-hydrogen) atoms. The van der Waals surface area contributed by atoms with Gasteiger partial charge in [0.2, 0.25) is 0 Å². The predicted molar refractivity (Wildman–Crippen MR) is 70.7 cm³/mol. The summed E-state index contributed by atoms with van der Waals surface area (Å²) < 4.78 is 2.98. The summed E-state index contributed by atoms with van der Waals surface area (Å²) in [6.45, 7) is 0. The van der Waals surface area contributed by atoms with Crippen molar-refractivity contribution in [2.24, 2.45) is 0 Å². The first-order valence-electron chi connectivity index (χ1n) is 3.75. The lowest BCUT2D eigenvalue weighted by molar-refractivity contribution is 1.36. The van der Waals surface area contributed by atoms with Crippen LogP contribution < -0.4 is 0 Å². The molecule has 0 atom stereocenters. The molecule has 0 aliphatic carbocycles. The molecule has 0 aliphatic heterocycles. The normalized spacial score (nSPS) is 10.5. The molecule has 0 spiro atoms. The van der Waals surface area contributed by atoms with Crippen LogP contribution in [-0.2, 0) is 0 Å². The van der Waals surface area contributed by atoms with E-state index >= 15 is 0 Å². The predicted octanol–water partition coefficient (Wildman–Crippen LogP) is 5.10. The van der Waals surface area contributed by atoms with Crippen molar-refractivity contribution in [3.8, 4) is 11.3 Å². The Labute approximate surface area is 111 Å². The molecular weight excluding hydrogens is 394 g/mol. The first kappa shape index (κ1) is 10.8. The molecule has 0 saturated heterocycles. The third kappa shape index (κ3) is 2.10. The fourth-order valence-corrected chi connectivity index (χ4v) is 4.18. The van der Waals surface area contributed by atoms with E-state index in [0.717, 1.165) is 23.4 Å². The van der Waals surface area contributed by atoms with Crippen LogP contribution in [0.15, 0.2) is 36.4 Å². The zero-order valence-corrected chi connectivity index (χ0v) is 12.4. The molecule has 1 nitrogen and oxygen atoms in total. The summed E-state index contributed by atoms with van der Waals surface area (Å²) in [5.74, 6) is 0. The Morgan fingerprint density at radius 2 is 1.79 bits per heavy atom. The van der Waals surface area contributed by atoms with E-state index in [2.05, 4.69) is 52.8 Å². The van der Waals surface area contributed by atoms with Gasteiger partial charge in [-0.2, -0.15) is 0 Å². The number of benzene rings is 1. The van der Waals surface area contributed by atoms with Crippen LogP contribution in [0, 0.1) is 0 Å². The van der Waals surface area contributed by atoms with E-state index in [1.807, 2.05) is 24.3 Å². The Hall–Kier alpha value is 0.290. The molecule has 72 valence electrons. The molecule has 0 amide bonds. The minimum atomic E-state index is 0.884. The van der Waals surface area contributed by atoms with E-state index in [1.165, 1.54) is 0 Å². The number of aromatic nitrogens is 1. The molecule has 0 fully saturated rings. The number of halogens is 3. The van der Waals surface area contributed by atoms with Crippen LogP contribution in [0.4, 0.5) is 0 Å². The molecule has 0 saturated carbocycles. The van der Waals surface area contributed by atoms with Crippen LogP contribution in [0.3, 0.4) is 0 Å². The van der Waals surface area contributed by atoms with Crippen molar-refractivity contribution in [1.29, 1.82) is 0 Å². The van der Waals surface area contributed by atoms with Gasteiger partial charge in [0, 0.05) is 10.0 Å². The van der Waals surface area contributed by atoms with Crippen LogP contribution in [0.25, 0.3) is 11.3 Å². The standard InChI is InChI=1S/C9H4Br3NS/c10-6-4-2-1-3-5(6)7-8(11)14-9(12)13-7/h1-4H. The second-order valence-corrected chi connectivity index (χ2v) is 7.02. The second kappa shape index (κ2) is 4.43. The fourth-order valence-electron chi connectivity index (χ4n) is 1.10. The van der Waals surface area contributed by atoms with Crippen molar-refractivity contribution in [2.45, 2.75) is 0 Å². The van der Waals surface area contributed by atoms with Crippen molar-refractivity contribution >= 4 is 59.1 Å². The molecule has 1 aromatic heterocycles. The largest absolute Gasteiger partial charge is 0.228 e. The van der Waals surface area contributed by atoms with Gasteiger partial charge in [-0.1, -0.05) is 45.5 Å². The van der Waals surface area contributed by atoms with E-state index in [4.69, 9.17) is 0 Å². The van der Waals surface area contributed by atoms with Gasteiger partial charge in [-0.15, -0.1) is 0 Å². The Kier molecular flexibility index (Phi) is 3.42. The van der Waals surface area contributed by atoms with Gasteiger partial charge in [-0.25, -0.2) is 4.98 Å². The van der Waals surface area contributed by atoms with Crippen LogP contribution in [0.2, 0.25) is 0 Å². The van der Waals surface area contributed by atoms with Gasteiger partial charge in [0.1, 0.15) is 0 Å². The molecule has 2 rings (SSSR count). The van der Waals surface area contributed by atoms with Gasteiger partial charge < -0.3 is 0 Å². The number of hydrogen-bond acceptors (Lipinski definition) is 2. The average Bonchev–Trinajstić information content (AvgIpc) is 2.46. The lowest BCUT2D eigenvalue weighted by Gasteiger charge is -2.00. The van der Waals surface area contributed by atoms with E-state index in [9.17, 15) is 0 Å². The average molecular weight is 398 g/mol. The van der Waals surface area contributed by atoms with Gasteiger partial charge in [0.15, 0.2) is 3.92 Å². The Morgan fingerprint density at radius 1 is 1.07 bits per heavy atom. The highest BCUT2D eigenvalue weighted by Crippen LogP contribution is 2.38. The van der Waals surface area contributed by atoms with Crippen molar-refractivity contribution in [3.05, 3.63) is 36.4 Å². The summed E-state index contributed by atoms with van der Waals surface area (Å²) in [5.41, 5.74) is 2.07. The third-order valence-electron chi connectivity index (χ3n) is 1.69. The van der Waals surface area contributed by atoms with Crippen LogP contribution >= 0.6 is 59.1 Å². The zero-order valence-electron chi connectivity index (χ0n) is 6.80. The van der Waals surface area contributed by atoms with Gasteiger partial charge in [-0.05, 0) is 37.9 Å². The Balaban J connectivity index is 2.60. The number of hydrogen-bond donors (Lipinski definition) is 0. The molecular formula is C9H4Br3NS. The van der Waals surface area contributed by atoms with Crippen molar-refractivity contribution in [3.63, 3.8) is 0 Å². The van der Waals surface area contributed by atoms with Gasteiger partial charge in [0.05, 0.1) is 9.48 Å². The van der Waals surface area contributed by atoms with E-state index in [0.29, 0.717) is 0 Å². The molecule has 0 N–H and O–H groups in total. The molecule has 0 unspecified atom stereocenters. The maximum atomic E-state index is 4.40. The SMILES string of the molecule is Brc1nc(-c2ccccc2Br)c(Br)s1. The Morgan fingerprint density at radius 3 is 2.36 bits per heavy atom. The third-order valence-corrected chi connectivity index (χ3v) is 4.54. The van der Waals surface area contributed by atoms with Crippen molar-refractivity contribution in [1.82, 2.24) is 4.98 Å². The van der Waals surface area contributed by atoms with E-state index < -0.39 is 0 Å². The first-order chi connectivity index (χ1) is 6.68. The van der Waals surface area contributed by atoms with E-state index in [1.54, 1.807) is 11.3 Å². The zero-order chi connectivity index (χ0) is 10.1. The van der Waals surface area contributed by atoms with Crippen molar-refractivity contribution < 1.29 is 0 Å². The van der Waals surface area contributed by atoms with Gasteiger partial charge >= 0.3 is 0 Å². The van der Waals surface area contributed by atoms with Gasteiger partial charge in [0.25, 0.3) is 0 Å². The Bertz CT molecular complexity index is 467. The van der Waals surface area contributed by atoms with Crippen molar-refractivity contribution in [2.75, 3.05) is 0 Å². The van der Waals surface area contributed by atoms with Crippen LogP contribution in [0.1, 0.15) is 0 Å². The highest BCUT2D eigenvalue weighted by atomic mass is 79.9. The number of thiazole rings is 1. The molecule has 1 aromatic carbocycles. The number of rotatable bonds is 1. The minimum absolute atomic E-state index is 0.884. The topological polar surface area (TPSA) is 12.9 Å². The monoisotopic (exact) mass is 395 g/mol.